The van der Waals surface area contributed by atoms with Gasteiger partial charge in [0.1, 0.15) is 0 Å². The highest BCUT2D eigenvalue weighted by molar-refractivity contribution is 5.90. The number of hydrogen-bond acceptors (Lipinski definition) is 1. The number of carboxylic acids is 1. The molecule has 0 saturated heterocycles. The van der Waals surface area contributed by atoms with Gasteiger partial charge in [-0.05, 0) is 60.8 Å². The van der Waals surface area contributed by atoms with Gasteiger partial charge in [0.2, 0.25) is 0 Å². The highest BCUT2D eigenvalue weighted by Gasteiger charge is 2.11. The Labute approximate surface area is 115 Å². The number of allylic oxidation sites excluding steroid dienone is 1. The molecule has 0 amide bonds. The SMILES string of the molecule is CCCC/C(=C\C(=O)O)c1ccc2c(c1)CCCC2. The van der Waals surface area contributed by atoms with Crippen LogP contribution >= 0.6 is 0 Å². The molecule has 0 aromatic heterocycles. The fourth-order valence-corrected chi connectivity index (χ4v) is 2.75. The van der Waals surface area contributed by atoms with Crippen LogP contribution in [0.2, 0.25) is 0 Å². The van der Waals surface area contributed by atoms with E-state index in [1.807, 2.05) is 0 Å². The summed E-state index contributed by atoms with van der Waals surface area (Å²) < 4.78 is 0. The molecule has 1 aliphatic rings. The molecule has 2 rings (SSSR count). The number of rotatable bonds is 5. The molecule has 1 N–H and O–H groups in total. The Bertz CT molecular complexity index is 486. The molecular formula is C17H22O2. The van der Waals surface area contributed by atoms with Crippen LogP contribution in [-0.4, -0.2) is 11.1 Å². The van der Waals surface area contributed by atoms with Crippen molar-refractivity contribution in [2.24, 2.45) is 0 Å². The van der Waals surface area contributed by atoms with Gasteiger partial charge in [-0.3, -0.25) is 0 Å². The quantitative estimate of drug-likeness (QED) is 0.803. The maximum absolute atomic E-state index is 11.0. The predicted molar refractivity (Wildman–Crippen MR) is 78.2 cm³/mol. The third-order valence-electron chi connectivity index (χ3n) is 3.82. The standard InChI is InChI=1S/C17H22O2/c1-2-3-6-15(12-17(18)19)16-10-9-13-7-4-5-8-14(13)11-16/h9-12H,2-8H2,1H3,(H,18,19)/b15-12+. The highest BCUT2D eigenvalue weighted by atomic mass is 16.4. The molecule has 0 saturated carbocycles. The second-order valence-electron chi connectivity index (χ2n) is 5.30. The molecule has 0 fully saturated rings. The van der Waals surface area contributed by atoms with Gasteiger partial charge in [0.25, 0.3) is 0 Å². The van der Waals surface area contributed by atoms with Crippen molar-refractivity contribution < 1.29 is 9.90 Å². The van der Waals surface area contributed by atoms with Crippen LogP contribution in [0.4, 0.5) is 0 Å². The first-order valence-electron chi connectivity index (χ1n) is 7.26. The molecule has 0 aliphatic heterocycles. The predicted octanol–water partition coefficient (Wildman–Crippen LogP) is 4.22. The van der Waals surface area contributed by atoms with Crippen LogP contribution in [0.15, 0.2) is 24.3 Å². The Balaban J connectivity index is 2.28. The minimum absolute atomic E-state index is 0.844. The lowest BCUT2D eigenvalue weighted by atomic mass is 9.88. The van der Waals surface area contributed by atoms with Crippen LogP contribution in [0.25, 0.3) is 5.57 Å². The zero-order valence-corrected chi connectivity index (χ0v) is 11.6. The monoisotopic (exact) mass is 258 g/mol. The summed E-state index contributed by atoms with van der Waals surface area (Å²) in [6.07, 6.45) is 9.18. The van der Waals surface area contributed by atoms with E-state index in [0.717, 1.165) is 36.8 Å². The van der Waals surface area contributed by atoms with Gasteiger partial charge in [0.15, 0.2) is 0 Å². The summed E-state index contributed by atoms with van der Waals surface area (Å²) >= 11 is 0. The Morgan fingerprint density at radius 3 is 2.68 bits per heavy atom. The molecule has 19 heavy (non-hydrogen) atoms. The molecule has 0 bridgehead atoms. The normalized spacial score (nSPS) is 15.1. The summed E-state index contributed by atoms with van der Waals surface area (Å²) in [5.41, 5.74) is 4.91. The Hall–Kier alpha value is -1.57. The van der Waals surface area contributed by atoms with Gasteiger partial charge in [-0.25, -0.2) is 4.79 Å². The largest absolute Gasteiger partial charge is 0.478 e. The lowest BCUT2D eigenvalue weighted by molar-refractivity contribution is -0.131. The van der Waals surface area contributed by atoms with Crippen LogP contribution < -0.4 is 0 Å². The maximum atomic E-state index is 11.0. The van der Waals surface area contributed by atoms with Gasteiger partial charge >= 0.3 is 5.97 Å². The molecule has 0 heterocycles. The van der Waals surface area contributed by atoms with E-state index in [1.54, 1.807) is 0 Å². The van der Waals surface area contributed by atoms with Crippen LogP contribution in [0.1, 0.15) is 55.7 Å². The second-order valence-corrected chi connectivity index (χ2v) is 5.30. The lowest BCUT2D eigenvalue weighted by Gasteiger charge is -2.17. The molecule has 0 unspecified atom stereocenters. The number of carboxylic acid groups (broad SMARTS) is 1. The molecule has 1 aliphatic carbocycles. The van der Waals surface area contributed by atoms with E-state index in [-0.39, 0.29) is 0 Å². The summed E-state index contributed by atoms with van der Waals surface area (Å²) in [5.74, 6) is -0.844. The van der Waals surface area contributed by atoms with Crippen molar-refractivity contribution in [2.75, 3.05) is 0 Å². The third-order valence-corrected chi connectivity index (χ3v) is 3.82. The zero-order chi connectivity index (χ0) is 13.7. The molecular weight excluding hydrogens is 236 g/mol. The number of aryl methyl sites for hydroxylation is 2. The summed E-state index contributed by atoms with van der Waals surface area (Å²) in [7, 11) is 0. The van der Waals surface area contributed by atoms with E-state index in [9.17, 15) is 4.79 Å². The fraction of sp³-hybridized carbons (Fsp3) is 0.471. The van der Waals surface area contributed by atoms with Crippen molar-refractivity contribution >= 4 is 11.5 Å². The molecule has 2 heteroatoms. The third kappa shape index (κ3) is 3.69. The van der Waals surface area contributed by atoms with E-state index in [2.05, 4.69) is 25.1 Å². The molecule has 0 spiro atoms. The van der Waals surface area contributed by atoms with Gasteiger partial charge in [-0.1, -0.05) is 31.5 Å². The van der Waals surface area contributed by atoms with Crippen LogP contribution in [-0.2, 0) is 17.6 Å². The number of unbranched alkanes of at least 4 members (excludes halogenated alkanes) is 1. The molecule has 0 radical (unpaired) electrons. The Morgan fingerprint density at radius 1 is 1.26 bits per heavy atom. The minimum atomic E-state index is -0.844. The van der Waals surface area contributed by atoms with Crippen molar-refractivity contribution in [2.45, 2.75) is 51.9 Å². The van der Waals surface area contributed by atoms with E-state index in [4.69, 9.17) is 5.11 Å². The van der Waals surface area contributed by atoms with Gasteiger partial charge in [0.05, 0.1) is 0 Å². The molecule has 1 aromatic carbocycles. The van der Waals surface area contributed by atoms with Crippen LogP contribution in [0, 0.1) is 0 Å². The summed E-state index contributed by atoms with van der Waals surface area (Å²) in [4.78, 5) is 11.0. The van der Waals surface area contributed by atoms with E-state index in [0.29, 0.717) is 0 Å². The summed E-state index contributed by atoms with van der Waals surface area (Å²) in [6, 6.07) is 6.49. The number of carbonyl (C=O) groups is 1. The average Bonchev–Trinajstić information content (AvgIpc) is 2.42. The first-order valence-corrected chi connectivity index (χ1v) is 7.26. The lowest BCUT2D eigenvalue weighted by Crippen LogP contribution is -2.03. The Kier molecular flexibility index (Phi) is 4.78. The Morgan fingerprint density at radius 2 is 2.00 bits per heavy atom. The first-order chi connectivity index (χ1) is 9.20. The number of hydrogen-bond donors (Lipinski definition) is 1. The van der Waals surface area contributed by atoms with Gasteiger partial charge in [-0.2, -0.15) is 0 Å². The molecule has 102 valence electrons. The second kappa shape index (κ2) is 6.55. The molecule has 1 aromatic rings. The van der Waals surface area contributed by atoms with Crippen LogP contribution in [0.5, 0.6) is 0 Å². The summed E-state index contributed by atoms with van der Waals surface area (Å²) in [6.45, 7) is 2.13. The molecule has 0 atom stereocenters. The van der Waals surface area contributed by atoms with Crippen molar-refractivity contribution in [1.29, 1.82) is 0 Å². The van der Waals surface area contributed by atoms with Crippen molar-refractivity contribution in [1.82, 2.24) is 0 Å². The van der Waals surface area contributed by atoms with E-state index >= 15 is 0 Å². The average molecular weight is 258 g/mol. The fourth-order valence-electron chi connectivity index (χ4n) is 2.75. The number of aliphatic carboxylic acids is 1. The highest BCUT2D eigenvalue weighted by Crippen LogP contribution is 2.27. The maximum Gasteiger partial charge on any atom is 0.328 e. The summed E-state index contributed by atoms with van der Waals surface area (Å²) in [5, 5.41) is 9.01. The van der Waals surface area contributed by atoms with E-state index < -0.39 is 5.97 Å². The van der Waals surface area contributed by atoms with Gasteiger partial charge in [-0.15, -0.1) is 0 Å². The topological polar surface area (TPSA) is 37.3 Å². The van der Waals surface area contributed by atoms with Crippen LogP contribution in [0.3, 0.4) is 0 Å². The van der Waals surface area contributed by atoms with E-state index in [1.165, 1.54) is 36.5 Å². The van der Waals surface area contributed by atoms with Gasteiger partial charge < -0.3 is 5.11 Å². The zero-order valence-electron chi connectivity index (χ0n) is 11.6. The first kappa shape index (κ1) is 13.9. The number of benzene rings is 1. The smallest absolute Gasteiger partial charge is 0.328 e. The minimum Gasteiger partial charge on any atom is -0.478 e. The molecule has 2 nitrogen and oxygen atoms in total. The van der Waals surface area contributed by atoms with Gasteiger partial charge in [0, 0.05) is 6.08 Å². The van der Waals surface area contributed by atoms with Crippen molar-refractivity contribution in [3.8, 4) is 0 Å². The van der Waals surface area contributed by atoms with Crippen molar-refractivity contribution in [3.63, 3.8) is 0 Å². The van der Waals surface area contributed by atoms with Crippen molar-refractivity contribution in [3.05, 3.63) is 41.0 Å². The number of fused-ring (bicyclic) bond motifs is 1.